The number of nitrogens with zero attached hydrogens (tertiary/aromatic N) is 1. The lowest BCUT2D eigenvalue weighted by Gasteiger charge is -2.69. The molecule has 5 aliphatic rings. The standard InChI is InChI=1S/C45H64ClNO6/c1-27(2)38-33(49)24-45(26-47(28(3)48)23-19-29-10-12-30(46)13-11-29)22-16-32-31(39(38)45)14-15-35-43(32,8)20-17-34-42(6,7)36(18-21-44(34,35)9)53-37(50)25-41(4,5)40(51)52/h10-13,27,31-32,34-36H,14-26H2,1-9H3,(H,51,52). The van der Waals surface area contributed by atoms with Gasteiger partial charge in [0, 0.05) is 42.3 Å². The van der Waals surface area contributed by atoms with Gasteiger partial charge in [0.05, 0.1) is 11.8 Å². The smallest absolute Gasteiger partial charge is 0.309 e. The van der Waals surface area contributed by atoms with Crippen LogP contribution in [0.2, 0.25) is 5.02 Å². The number of aliphatic carboxylic acids is 1. The number of carbonyl (C=O) groups is 4. The van der Waals surface area contributed by atoms with Crippen LogP contribution in [0.15, 0.2) is 35.4 Å². The molecule has 8 heteroatoms. The number of esters is 1. The van der Waals surface area contributed by atoms with Gasteiger partial charge in [-0.05, 0) is 135 Å². The summed E-state index contributed by atoms with van der Waals surface area (Å²) >= 11 is 6.14. The van der Waals surface area contributed by atoms with E-state index < -0.39 is 17.4 Å². The van der Waals surface area contributed by atoms with E-state index in [9.17, 15) is 24.3 Å². The zero-order valence-electron chi connectivity index (χ0n) is 33.8. The Bertz CT molecular complexity index is 1660. The molecular weight excluding hydrogens is 686 g/mol. The van der Waals surface area contributed by atoms with Crippen LogP contribution in [0.3, 0.4) is 0 Å². The first-order valence-corrected chi connectivity index (χ1v) is 20.7. The summed E-state index contributed by atoms with van der Waals surface area (Å²) in [5.41, 5.74) is 2.13. The molecule has 8 atom stereocenters. The topological polar surface area (TPSA) is 101 Å². The second kappa shape index (κ2) is 14.1. The van der Waals surface area contributed by atoms with E-state index in [1.165, 1.54) is 5.57 Å². The zero-order valence-corrected chi connectivity index (χ0v) is 34.5. The van der Waals surface area contributed by atoms with Gasteiger partial charge in [0.2, 0.25) is 5.91 Å². The molecule has 6 rings (SSSR count). The average Bonchev–Trinajstić information content (AvgIpc) is 3.36. The minimum absolute atomic E-state index is 0.0664. The number of hydrogen-bond donors (Lipinski definition) is 1. The van der Waals surface area contributed by atoms with Gasteiger partial charge in [-0.2, -0.15) is 0 Å². The van der Waals surface area contributed by atoms with Gasteiger partial charge in [-0.25, -0.2) is 0 Å². The van der Waals surface area contributed by atoms with Crippen molar-refractivity contribution in [1.29, 1.82) is 0 Å². The minimum atomic E-state index is -1.16. The number of Topliss-reactive ketones (excluding diaryl/α,β-unsaturated/α-hetero) is 1. The van der Waals surface area contributed by atoms with Crippen molar-refractivity contribution in [3.63, 3.8) is 0 Å². The van der Waals surface area contributed by atoms with E-state index in [2.05, 4.69) is 41.5 Å². The summed E-state index contributed by atoms with van der Waals surface area (Å²) in [6, 6.07) is 7.86. The SMILES string of the molecule is CC(=O)N(CCc1ccc(Cl)cc1)CC12CCC3C(CCC4C3(C)CCC3C(C)(C)C(OC(=O)CC(C)(C)C(=O)O)CCC34C)C1=C(C(C)C)C(=O)C2. The molecule has 0 heterocycles. The maximum atomic E-state index is 14.1. The van der Waals surface area contributed by atoms with Crippen LogP contribution in [0.5, 0.6) is 0 Å². The largest absolute Gasteiger partial charge is 0.481 e. The van der Waals surface area contributed by atoms with Crippen LogP contribution >= 0.6 is 11.6 Å². The number of carboxylic acid groups (broad SMARTS) is 1. The van der Waals surface area contributed by atoms with Crippen molar-refractivity contribution in [3.05, 3.63) is 46.0 Å². The summed E-state index contributed by atoms with van der Waals surface area (Å²) in [4.78, 5) is 54.1. The number of ether oxygens (including phenoxy) is 1. The lowest BCUT2D eigenvalue weighted by molar-refractivity contribution is -0.214. The number of hydrogen-bond acceptors (Lipinski definition) is 5. The summed E-state index contributed by atoms with van der Waals surface area (Å²) in [5.74, 6) is 0.845. The Balaban J connectivity index is 1.25. The monoisotopic (exact) mass is 749 g/mol. The fourth-order valence-corrected chi connectivity index (χ4v) is 13.2. The Morgan fingerprint density at radius 2 is 1.60 bits per heavy atom. The number of amides is 1. The van der Waals surface area contributed by atoms with E-state index in [-0.39, 0.29) is 46.0 Å². The number of carbonyl (C=O) groups excluding carboxylic acids is 3. The lowest BCUT2D eigenvalue weighted by atomic mass is 9.36. The predicted molar refractivity (Wildman–Crippen MR) is 208 cm³/mol. The van der Waals surface area contributed by atoms with Crippen LogP contribution < -0.4 is 0 Å². The summed E-state index contributed by atoms with van der Waals surface area (Å²) in [5, 5.41) is 10.3. The van der Waals surface area contributed by atoms with E-state index in [4.69, 9.17) is 16.3 Å². The predicted octanol–water partition coefficient (Wildman–Crippen LogP) is 9.73. The van der Waals surface area contributed by atoms with E-state index in [0.717, 1.165) is 68.9 Å². The second-order valence-electron chi connectivity index (χ2n) is 19.9. The molecule has 1 aromatic carbocycles. The molecule has 0 spiro atoms. The third-order valence-electron chi connectivity index (χ3n) is 15.6. The van der Waals surface area contributed by atoms with Gasteiger partial charge in [0.1, 0.15) is 6.10 Å². The third-order valence-corrected chi connectivity index (χ3v) is 15.9. The molecule has 7 nitrogen and oxygen atoms in total. The highest BCUT2D eigenvalue weighted by molar-refractivity contribution is 6.30. The van der Waals surface area contributed by atoms with E-state index in [0.29, 0.717) is 54.0 Å². The van der Waals surface area contributed by atoms with Crippen molar-refractivity contribution in [2.75, 3.05) is 13.1 Å². The molecule has 1 N–H and O–H groups in total. The number of benzene rings is 1. The van der Waals surface area contributed by atoms with Crippen molar-refractivity contribution in [2.45, 2.75) is 139 Å². The molecular formula is C45H64ClNO6. The Kier molecular flexibility index (Phi) is 10.7. The molecule has 0 aromatic heterocycles. The van der Waals surface area contributed by atoms with Crippen molar-refractivity contribution in [1.82, 2.24) is 4.90 Å². The maximum absolute atomic E-state index is 14.1. The van der Waals surface area contributed by atoms with Crippen LogP contribution in [0.4, 0.5) is 0 Å². The summed E-state index contributed by atoms with van der Waals surface area (Å²) in [7, 11) is 0. The third kappa shape index (κ3) is 6.92. The van der Waals surface area contributed by atoms with Crippen LogP contribution in [0.25, 0.3) is 0 Å². The summed E-state index contributed by atoms with van der Waals surface area (Å²) in [6.45, 7) is 20.0. The molecule has 1 amide bonds. The molecule has 0 saturated heterocycles. The van der Waals surface area contributed by atoms with Gasteiger partial charge < -0.3 is 14.7 Å². The second-order valence-corrected chi connectivity index (χ2v) is 20.3. The van der Waals surface area contributed by atoms with Crippen molar-refractivity contribution >= 4 is 35.2 Å². The van der Waals surface area contributed by atoms with Crippen LogP contribution in [0, 0.1) is 56.7 Å². The van der Waals surface area contributed by atoms with Gasteiger partial charge in [-0.15, -0.1) is 0 Å². The summed E-state index contributed by atoms with van der Waals surface area (Å²) < 4.78 is 6.16. The van der Waals surface area contributed by atoms with E-state index >= 15 is 0 Å². The van der Waals surface area contributed by atoms with Gasteiger partial charge >= 0.3 is 11.9 Å². The van der Waals surface area contributed by atoms with E-state index in [1.54, 1.807) is 20.8 Å². The average molecular weight is 750 g/mol. The van der Waals surface area contributed by atoms with Crippen LogP contribution in [-0.2, 0) is 30.3 Å². The number of carboxylic acids is 1. The Labute approximate surface area is 323 Å². The highest BCUT2D eigenvalue weighted by Gasteiger charge is 2.66. The molecule has 53 heavy (non-hydrogen) atoms. The first-order chi connectivity index (χ1) is 24.7. The molecule has 4 fully saturated rings. The fourth-order valence-electron chi connectivity index (χ4n) is 13.1. The molecule has 0 radical (unpaired) electrons. The number of rotatable bonds is 10. The molecule has 4 saturated carbocycles. The number of ketones is 1. The number of halogens is 1. The molecule has 1 aromatic rings. The first kappa shape index (κ1) is 40.0. The van der Waals surface area contributed by atoms with Gasteiger partial charge in [-0.3, -0.25) is 19.2 Å². The quantitative estimate of drug-likeness (QED) is 0.239. The Hall–Kier alpha value is -2.67. The summed E-state index contributed by atoms with van der Waals surface area (Å²) in [6.07, 6.45) is 9.05. The van der Waals surface area contributed by atoms with Crippen LogP contribution in [-0.4, -0.2) is 52.8 Å². The Morgan fingerprint density at radius 3 is 2.23 bits per heavy atom. The highest BCUT2D eigenvalue weighted by Crippen LogP contribution is 2.73. The normalized spacial score (nSPS) is 34.8. The molecule has 292 valence electrons. The first-order valence-electron chi connectivity index (χ1n) is 20.4. The number of fused-ring (bicyclic) bond motifs is 7. The van der Waals surface area contributed by atoms with Gasteiger partial charge in [0.15, 0.2) is 5.78 Å². The number of allylic oxidation sites excluding steroid dienone is 1. The van der Waals surface area contributed by atoms with Crippen molar-refractivity contribution in [3.8, 4) is 0 Å². The van der Waals surface area contributed by atoms with E-state index in [1.807, 2.05) is 29.2 Å². The molecule has 0 aliphatic heterocycles. The highest BCUT2D eigenvalue weighted by atomic mass is 35.5. The molecule has 0 bridgehead atoms. The molecule has 5 aliphatic carbocycles. The fraction of sp³-hybridized carbons (Fsp3) is 0.733. The maximum Gasteiger partial charge on any atom is 0.309 e. The Morgan fingerprint density at radius 1 is 0.943 bits per heavy atom. The van der Waals surface area contributed by atoms with Gasteiger partial charge in [-0.1, -0.05) is 70.8 Å². The molecule has 8 unspecified atom stereocenters. The van der Waals surface area contributed by atoms with Crippen molar-refractivity contribution in [2.24, 2.45) is 56.7 Å². The van der Waals surface area contributed by atoms with Crippen LogP contribution in [0.1, 0.15) is 132 Å². The zero-order chi connectivity index (χ0) is 38.9. The van der Waals surface area contributed by atoms with Gasteiger partial charge in [0.25, 0.3) is 0 Å². The van der Waals surface area contributed by atoms with Crippen molar-refractivity contribution < 1.29 is 29.0 Å². The lowest BCUT2D eigenvalue weighted by Crippen LogP contribution is -2.63. The minimum Gasteiger partial charge on any atom is -0.481 e.